The first-order valence-electron chi connectivity index (χ1n) is 5.96. The predicted octanol–water partition coefficient (Wildman–Crippen LogP) is 3.17. The van der Waals surface area contributed by atoms with Crippen molar-refractivity contribution in [2.24, 2.45) is 5.41 Å². The molecular weight excluding hydrogens is 291 g/mol. The molecule has 0 radical (unpaired) electrons. The lowest BCUT2D eigenvalue weighted by Crippen LogP contribution is -2.18. The van der Waals surface area contributed by atoms with Crippen molar-refractivity contribution in [3.8, 4) is 6.07 Å². The Hall–Kier alpha value is -1.55. The van der Waals surface area contributed by atoms with Crippen molar-refractivity contribution >= 4 is 9.84 Å². The molecule has 0 aliphatic heterocycles. The van der Waals surface area contributed by atoms with Crippen LogP contribution in [-0.4, -0.2) is 14.2 Å². The van der Waals surface area contributed by atoms with Crippen LogP contribution in [0.5, 0.6) is 0 Å². The molecule has 1 aromatic rings. The maximum Gasteiger partial charge on any atom is 0.416 e. The third-order valence-corrected chi connectivity index (χ3v) is 5.39. The van der Waals surface area contributed by atoms with Gasteiger partial charge in [-0.25, -0.2) is 8.42 Å². The summed E-state index contributed by atoms with van der Waals surface area (Å²) in [6, 6.07) is 5.66. The molecule has 0 aromatic heterocycles. The van der Waals surface area contributed by atoms with Gasteiger partial charge in [-0.1, -0.05) is 6.07 Å². The van der Waals surface area contributed by atoms with Crippen LogP contribution in [0.3, 0.4) is 0 Å². The van der Waals surface area contributed by atoms with Crippen LogP contribution >= 0.6 is 0 Å². The van der Waals surface area contributed by atoms with Gasteiger partial charge in [-0.2, -0.15) is 18.4 Å². The minimum atomic E-state index is -4.57. The topological polar surface area (TPSA) is 57.9 Å². The van der Waals surface area contributed by atoms with Gasteiger partial charge in [-0.15, -0.1) is 0 Å². The van der Waals surface area contributed by atoms with Crippen LogP contribution in [0.15, 0.2) is 29.2 Å². The normalized spacial score (nSPS) is 17.5. The summed E-state index contributed by atoms with van der Waals surface area (Å²) in [5, 5.41) is 8.67. The predicted molar refractivity (Wildman–Crippen MR) is 65.4 cm³/mol. The van der Waals surface area contributed by atoms with E-state index in [2.05, 4.69) is 0 Å². The van der Waals surface area contributed by atoms with Crippen LogP contribution in [0, 0.1) is 16.7 Å². The number of alkyl halides is 3. The summed E-state index contributed by atoms with van der Waals surface area (Å²) in [6.07, 6.45) is -3.21. The summed E-state index contributed by atoms with van der Waals surface area (Å²) in [5.74, 6) is -0.269. The fourth-order valence-corrected chi connectivity index (χ4v) is 4.02. The molecule has 0 amide bonds. The zero-order valence-corrected chi connectivity index (χ0v) is 11.3. The highest BCUT2D eigenvalue weighted by Crippen LogP contribution is 2.50. The van der Waals surface area contributed by atoms with Gasteiger partial charge >= 0.3 is 6.18 Å². The van der Waals surface area contributed by atoms with Crippen molar-refractivity contribution in [1.29, 1.82) is 5.26 Å². The number of sulfone groups is 1. The number of nitriles is 1. The fourth-order valence-electron chi connectivity index (χ4n) is 2.07. The fraction of sp³-hybridized carbons (Fsp3) is 0.462. The maximum absolute atomic E-state index is 12.6. The molecule has 0 atom stereocenters. The highest BCUT2D eigenvalue weighted by atomic mass is 32.2. The molecule has 7 heteroatoms. The van der Waals surface area contributed by atoms with Crippen LogP contribution in [0.4, 0.5) is 13.2 Å². The van der Waals surface area contributed by atoms with Crippen LogP contribution in [0.1, 0.15) is 24.8 Å². The van der Waals surface area contributed by atoms with Crippen LogP contribution in [0.2, 0.25) is 0 Å². The van der Waals surface area contributed by atoms with E-state index in [-0.39, 0.29) is 17.1 Å². The van der Waals surface area contributed by atoms with Gasteiger partial charge in [0.25, 0.3) is 0 Å². The van der Waals surface area contributed by atoms with Gasteiger partial charge in [0.1, 0.15) is 0 Å². The highest BCUT2D eigenvalue weighted by Gasteiger charge is 2.46. The second kappa shape index (κ2) is 4.77. The lowest BCUT2D eigenvalue weighted by molar-refractivity contribution is -0.137. The van der Waals surface area contributed by atoms with Gasteiger partial charge in [-0.3, -0.25) is 0 Å². The largest absolute Gasteiger partial charge is 0.416 e. The Labute approximate surface area is 114 Å². The number of nitrogens with zero attached hydrogens (tertiary/aromatic N) is 1. The van der Waals surface area contributed by atoms with Gasteiger partial charge in [0.2, 0.25) is 0 Å². The van der Waals surface area contributed by atoms with E-state index in [1.807, 2.05) is 6.07 Å². The number of benzene rings is 1. The molecule has 1 fully saturated rings. The Bertz CT molecular complexity index is 655. The molecule has 1 aliphatic rings. The van der Waals surface area contributed by atoms with Crippen LogP contribution in [-0.2, 0) is 16.0 Å². The van der Waals surface area contributed by atoms with Gasteiger partial charge in [0.05, 0.1) is 22.3 Å². The molecule has 0 spiro atoms. The number of halogens is 3. The quantitative estimate of drug-likeness (QED) is 0.858. The van der Waals surface area contributed by atoms with Crippen molar-refractivity contribution in [3.05, 3.63) is 29.8 Å². The molecular formula is C13H12F3NO2S. The Morgan fingerprint density at radius 3 is 2.45 bits per heavy atom. The first kappa shape index (κ1) is 14.9. The molecule has 0 saturated heterocycles. The zero-order valence-electron chi connectivity index (χ0n) is 10.4. The molecule has 108 valence electrons. The first-order chi connectivity index (χ1) is 9.19. The second-order valence-corrected chi connectivity index (χ2v) is 7.11. The summed E-state index contributed by atoms with van der Waals surface area (Å²) in [4.78, 5) is -0.337. The Morgan fingerprint density at radius 1 is 1.30 bits per heavy atom. The van der Waals surface area contributed by atoms with E-state index < -0.39 is 27.0 Å². The van der Waals surface area contributed by atoms with Crippen molar-refractivity contribution in [2.75, 3.05) is 5.75 Å². The standard InChI is InChI=1S/C13H12F3NO2S/c14-13(15,16)10-2-1-3-11(8-10)20(18,19)9-12(4-5-12)6-7-17/h1-3,8H,4-6,9H2. The lowest BCUT2D eigenvalue weighted by atomic mass is 10.1. The molecule has 1 saturated carbocycles. The summed E-state index contributed by atoms with van der Waals surface area (Å²) >= 11 is 0. The average molecular weight is 303 g/mol. The minimum Gasteiger partial charge on any atom is -0.224 e. The molecule has 0 N–H and O–H groups in total. The molecule has 1 aromatic carbocycles. The summed E-state index contributed by atoms with van der Waals surface area (Å²) < 4.78 is 62.1. The molecule has 0 unspecified atom stereocenters. The molecule has 0 heterocycles. The van der Waals surface area contributed by atoms with Crippen molar-refractivity contribution in [3.63, 3.8) is 0 Å². The average Bonchev–Trinajstić information content (AvgIpc) is 3.07. The first-order valence-corrected chi connectivity index (χ1v) is 7.61. The van der Waals surface area contributed by atoms with E-state index >= 15 is 0 Å². The van der Waals surface area contributed by atoms with Gasteiger partial charge < -0.3 is 0 Å². The Morgan fingerprint density at radius 2 is 1.95 bits per heavy atom. The number of hydrogen-bond acceptors (Lipinski definition) is 3. The maximum atomic E-state index is 12.6. The number of hydrogen-bond donors (Lipinski definition) is 0. The van der Waals surface area contributed by atoms with Gasteiger partial charge in [-0.05, 0) is 36.5 Å². The van der Waals surface area contributed by atoms with E-state index in [1.54, 1.807) is 0 Å². The van der Waals surface area contributed by atoms with E-state index in [9.17, 15) is 21.6 Å². The Balaban J connectivity index is 2.29. The van der Waals surface area contributed by atoms with Gasteiger partial charge in [0.15, 0.2) is 9.84 Å². The van der Waals surface area contributed by atoms with Crippen molar-refractivity contribution < 1.29 is 21.6 Å². The van der Waals surface area contributed by atoms with E-state index in [0.29, 0.717) is 18.9 Å². The van der Waals surface area contributed by atoms with E-state index in [0.717, 1.165) is 18.2 Å². The van der Waals surface area contributed by atoms with E-state index in [4.69, 9.17) is 5.26 Å². The SMILES string of the molecule is N#CCC1(CS(=O)(=O)c2cccc(C(F)(F)F)c2)CC1. The van der Waals surface area contributed by atoms with Gasteiger partial charge in [0, 0.05) is 6.42 Å². The molecule has 3 nitrogen and oxygen atoms in total. The van der Waals surface area contributed by atoms with Crippen LogP contribution in [0.25, 0.3) is 0 Å². The summed E-state index contributed by atoms with van der Waals surface area (Å²) in [6.45, 7) is 0. The lowest BCUT2D eigenvalue weighted by Gasteiger charge is -2.13. The Kier molecular flexibility index (Phi) is 3.54. The number of rotatable bonds is 4. The summed E-state index contributed by atoms with van der Waals surface area (Å²) in [5.41, 5.74) is -1.55. The molecule has 20 heavy (non-hydrogen) atoms. The third kappa shape index (κ3) is 3.12. The second-order valence-electron chi connectivity index (χ2n) is 5.12. The molecule has 0 bridgehead atoms. The third-order valence-electron chi connectivity index (χ3n) is 3.43. The molecule has 2 rings (SSSR count). The van der Waals surface area contributed by atoms with E-state index in [1.165, 1.54) is 0 Å². The highest BCUT2D eigenvalue weighted by molar-refractivity contribution is 7.91. The monoisotopic (exact) mass is 303 g/mol. The zero-order chi connectivity index (χ0) is 15.0. The summed E-state index contributed by atoms with van der Waals surface area (Å²) in [7, 11) is -3.81. The van der Waals surface area contributed by atoms with Crippen molar-refractivity contribution in [1.82, 2.24) is 0 Å². The van der Waals surface area contributed by atoms with Crippen LogP contribution < -0.4 is 0 Å². The molecule has 1 aliphatic carbocycles. The van der Waals surface area contributed by atoms with Crippen molar-refractivity contribution in [2.45, 2.75) is 30.3 Å². The smallest absolute Gasteiger partial charge is 0.224 e. The minimum absolute atomic E-state index is 0.116.